The second-order valence-electron chi connectivity index (χ2n) is 3.92. The van der Waals surface area contributed by atoms with Crippen molar-refractivity contribution in [1.82, 2.24) is 0 Å². The summed E-state index contributed by atoms with van der Waals surface area (Å²) in [6.45, 7) is 0. The van der Waals surface area contributed by atoms with Crippen LogP contribution in [0, 0.1) is 0 Å². The number of rotatable bonds is 3. The Morgan fingerprint density at radius 3 is 2.16 bits per heavy atom. The van der Waals surface area contributed by atoms with E-state index in [1.54, 1.807) is 23.9 Å². The largest absolute Gasteiger partial charge is 0.508 e. The standard InChI is InChI=1S/C14H13NO3S/c1-19-13-4-2-10(3-5-13)15-14(18)9-6-11(16)8-12(17)7-9/h2-8,16-17H,1H3,(H,15,18). The van der Waals surface area contributed by atoms with Gasteiger partial charge in [0.05, 0.1) is 0 Å². The van der Waals surface area contributed by atoms with E-state index in [4.69, 9.17) is 0 Å². The van der Waals surface area contributed by atoms with Crippen molar-refractivity contribution in [3.8, 4) is 11.5 Å². The molecule has 3 N–H and O–H groups in total. The number of thioether (sulfide) groups is 1. The highest BCUT2D eigenvalue weighted by atomic mass is 32.2. The number of phenolic OH excluding ortho intramolecular Hbond substituents is 2. The van der Waals surface area contributed by atoms with Gasteiger partial charge in [-0.1, -0.05) is 0 Å². The number of benzene rings is 2. The molecular formula is C14H13NO3S. The fourth-order valence-corrected chi connectivity index (χ4v) is 2.01. The molecule has 5 heteroatoms. The van der Waals surface area contributed by atoms with Crippen LogP contribution in [0.1, 0.15) is 10.4 Å². The molecule has 19 heavy (non-hydrogen) atoms. The molecule has 0 aliphatic rings. The fourth-order valence-electron chi connectivity index (χ4n) is 1.60. The quantitative estimate of drug-likeness (QED) is 0.753. The summed E-state index contributed by atoms with van der Waals surface area (Å²) in [6, 6.07) is 11.2. The average Bonchev–Trinajstić information content (AvgIpc) is 2.38. The maximum absolute atomic E-state index is 11.9. The number of phenols is 2. The molecular weight excluding hydrogens is 262 g/mol. The zero-order valence-corrected chi connectivity index (χ0v) is 11.1. The third kappa shape index (κ3) is 3.42. The monoisotopic (exact) mass is 275 g/mol. The summed E-state index contributed by atoms with van der Waals surface area (Å²) in [4.78, 5) is 13.0. The Balaban J connectivity index is 2.15. The van der Waals surface area contributed by atoms with Crippen molar-refractivity contribution in [3.05, 3.63) is 48.0 Å². The van der Waals surface area contributed by atoms with Gasteiger partial charge >= 0.3 is 0 Å². The first kappa shape index (κ1) is 13.3. The zero-order valence-electron chi connectivity index (χ0n) is 10.3. The van der Waals surface area contributed by atoms with Crippen molar-refractivity contribution < 1.29 is 15.0 Å². The summed E-state index contributed by atoms with van der Waals surface area (Å²) in [6.07, 6.45) is 1.98. The van der Waals surface area contributed by atoms with Crippen molar-refractivity contribution >= 4 is 23.4 Å². The Kier molecular flexibility index (Phi) is 3.97. The SMILES string of the molecule is CSc1ccc(NC(=O)c2cc(O)cc(O)c2)cc1. The van der Waals surface area contributed by atoms with Gasteiger partial charge in [-0.25, -0.2) is 0 Å². The number of hydrogen-bond acceptors (Lipinski definition) is 4. The number of carbonyl (C=O) groups excluding carboxylic acids is 1. The van der Waals surface area contributed by atoms with Crippen molar-refractivity contribution in [2.24, 2.45) is 0 Å². The lowest BCUT2D eigenvalue weighted by Gasteiger charge is -2.07. The predicted molar refractivity (Wildman–Crippen MR) is 75.9 cm³/mol. The van der Waals surface area contributed by atoms with E-state index >= 15 is 0 Å². The van der Waals surface area contributed by atoms with Crippen LogP contribution < -0.4 is 5.32 Å². The molecule has 4 nitrogen and oxygen atoms in total. The van der Waals surface area contributed by atoms with Crippen LogP contribution >= 0.6 is 11.8 Å². The van der Waals surface area contributed by atoms with E-state index in [0.717, 1.165) is 4.90 Å². The highest BCUT2D eigenvalue weighted by Gasteiger charge is 2.08. The summed E-state index contributed by atoms with van der Waals surface area (Å²) in [5, 5.41) is 21.4. The van der Waals surface area contributed by atoms with E-state index in [2.05, 4.69) is 5.32 Å². The number of nitrogens with one attached hydrogen (secondary N) is 1. The average molecular weight is 275 g/mol. The van der Waals surface area contributed by atoms with Gasteiger partial charge in [-0.15, -0.1) is 11.8 Å². The number of hydrogen-bond donors (Lipinski definition) is 3. The molecule has 2 aromatic rings. The minimum atomic E-state index is -0.386. The van der Waals surface area contributed by atoms with Crippen LogP contribution in [0.15, 0.2) is 47.4 Å². The van der Waals surface area contributed by atoms with Gasteiger partial charge in [-0.3, -0.25) is 4.79 Å². The Bertz CT molecular complexity index is 576. The van der Waals surface area contributed by atoms with Crippen LogP contribution in [0.5, 0.6) is 11.5 Å². The molecule has 0 saturated heterocycles. The molecule has 0 atom stereocenters. The Hall–Kier alpha value is -2.14. The van der Waals surface area contributed by atoms with E-state index in [-0.39, 0.29) is 23.0 Å². The van der Waals surface area contributed by atoms with Gasteiger partial charge in [-0.05, 0) is 42.7 Å². The molecule has 1 amide bonds. The van der Waals surface area contributed by atoms with Crippen molar-refractivity contribution in [1.29, 1.82) is 0 Å². The molecule has 0 unspecified atom stereocenters. The van der Waals surface area contributed by atoms with Crippen LogP contribution in [0.3, 0.4) is 0 Å². The minimum absolute atomic E-state index is 0.150. The molecule has 0 heterocycles. The first-order valence-corrected chi connectivity index (χ1v) is 6.79. The molecule has 0 aliphatic carbocycles. The third-order valence-electron chi connectivity index (χ3n) is 2.51. The molecule has 2 rings (SSSR count). The van der Waals surface area contributed by atoms with Gasteiger partial charge < -0.3 is 15.5 Å². The summed E-state index contributed by atoms with van der Waals surface area (Å²) in [5.41, 5.74) is 0.858. The Morgan fingerprint density at radius 1 is 1.05 bits per heavy atom. The first-order chi connectivity index (χ1) is 9.08. The summed E-state index contributed by atoms with van der Waals surface area (Å²) in [7, 11) is 0. The normalized spacial score (nSPS) is 10.2. The number of amides is 1. The molecule has 0 bridgehead atoms. The van der Waals surface area contributed by atoms with E-state index in [9.17, 15) is 15.0 Å². The third-order valence-corrected chi connectivity index (χ3v) is 3.26. The number of carbonyl (C=O) groups is 1. The van der Waals surface area contributed by atoms with Crippen molar-refractivity contribution in [2.75, 3.05) is 11.6 Å². The van der Waals surface area contributed by atoms with Gasteiger partial charge in [0, 0.05) is 22.2 Å². The van der Waals surface area contributed by atoms with Crippen LogP contribution in [0.2, 0.25) is 0 Å². The predicted octanol–water partition coefficient (Wildman–Crippen LogP) is 3.07. The molecule has 0 radical (unpaired) electrons. The Labute approximate surface area is 115 Å². The van der Waals surface area contributed by atoms with Crippen LogP contribution in [-0.4, -0.2) is 22.4 Å². The molecule has 0 fully saturated rings. The van der Waals surface area contributed by atoms with Gasteiger partial charge in [0.25, 0.3) is 5.91 Å². The highest BCUT2D eigenvalue weighted by Crippen LogP contribution is 2.22. The lowest BCUT2D eigenvalue weighted by atomic mass is 10.2. The highest BCUT2D eigenvalue weighted by molar-refractivity contribution is 7.98. The molecule has 0 aromatic heterocycles. The summed E-state index contributed by atoms with van der Waals surface area (Å²) >= 11 is 1.62. The van der Waals surface area contributed by atoms with E-state index in [1.165, 1.54) is 18.2 Å². The summed E-state index contributed by atoms with van der Waals surface area (Å²) in [5.74, 6) is -0.686. The summed E-state index contributed by atoms with van der Waals surface area (Å²) < 4.78 is 0. The van der Waals surface area contributed by atoms with Crippen LogP contribution in [-0.2, 0) is 0 Å². The van der Waals surface area contributed by atoms with Crippen molar-refractivity contribution in [2.45, 2.75) is 4.90 Å². The smallest absolute Gasteiger partial charge is 0.255 e. The molecule has 0 saturated carbocycles. The van der Waals surface area contributed by atoms with Gasteiger partial charge in [0.15, 0.2) is 0 Å². The molecule has 2 aromatic carbocycles. The maximum atomic E-state index is 11.9. The number of anilines is 1. The fraction of sp³-hybridized carbons (Fsp3) is 0.0714. The first-order valence-electron chi connectivity index (χ1n) is 5.57. The van der Waals surface area contributed by atoms with Gasteiger partial charge in [0.1, 0.15) is 11.5 Å². The van der Waals surface area contributed by atoms with Crippen molar-refractivity contribution in [3.63, 3.8) is 0 Å². The van der Waals surface area contributed by atoms with Crippen LogP contribution in [0.25, 0.3) is 0 Å². The lowest BCUT2D eigenvalue weighted by molar-refractivity contribution is 0.102. The second kappa shape index (κ2) is 5.67. The number of aromatic hydroxyl groups is 2. The molecule has 0 aliphatic heterocycles. The van der Waals surface area contributed by atoms with E-state index in [1.807, 2.05) is 18.4 Å². The zero-order chi connectivity index (χ0) is 13.8. The minimum Gasteiger partial charge on any atom is -0.508 e. The van der Waals surface area contributed by atoms with E-state index < -0.39 is 0 Å². The lowest BCUT2D eigenvalue weighted by Crippen LogP contribution is -2.11. The second-order valence-corrected chi connectivity index (χ2v) is 4.80. The van der Waals surface area contributed by atoms with Gasteiger partial charge in [-0.2, -0.15) is 0 Å². The maximum Gasteiger partial charge on any atom is 0.255 e. The van der Waals surface area contributed by atoms with Crippen LogP contribution in [0.4, 0.5) is 5.69 Å². The Morgan fingerprint density at radius 2 is 1.63 bits per heavy atom. The molecule has 0 spiro atoms. The molecule has 98 valence electrons. The van der Waals surface area contributed by atoms with Gasteiger partial charge in [0.2, 0.25) is 0 Å². The topological polar surface area (TPSA) is 69.6 Å². The van der Waals surface area contributed by atoms with E-state index in [0.29, 0.717) is 5.69 Å².